The van der Waals surface area contributed by atoms with E-state index in [0.29, 0.717) is 5.52 Å². The molecule has 1 heterocycles. The van der Waals surface area contributed by atoms with Gasteiger partial charge in [0.05, 0.1) is 17.6 Å². The fourth-order valence-corrected chi connectivity index (χ4v) is 1.88. The van der Waals surface area contributed by atoms with Gasteiger partial charge in [-0.15, -0.1) is 0 Å². The van der Waals surface area contributed by atoms with Crippen LogP contribution in [-0.4, -0.2) is 39.4 Å². The highest BCUT2D eigenvalue weighted by atomic mass is 16.5. The summed E-state index contributed by atoms with van der Waals surface area (Å²) in [5, 5.41) is 18.8. The molecule has 1 aromatic carbocycles. The Hall–Kier alpha value is -2.34. The Bertz CT molecular complexity index is 673. The minimum Gasteiger partial charge on any atom is -0.509 e. The number of aryl methyl sites for hydroxylation is 1. The third-order valence-electron chi connectivity index (χ3n) is 2.79. The third kappa shape index (κ3) is 2.65. The number of imidazole rings is 1. The monoisotopic (exact) mass is 276 g/mol. The number of aliphatic hydroxyl groups is 2. The Balaban J connectivity index is 2.54. The molecule has 0 aliphatic carbocycles. The molecule has 106 valence electrons. The number of H-pyrrole nitrogens is 1. The number of hydrogen-bond donors (Lipinski definition) is 3. The topological polar surface area (TPSA) is 95.4 Å². The molecule has 0 fully saturated rings. The molecule has 2 rings (SSSR count). The lowest BCUT2D eigenvalue weighted by Crippen LogP contribution is -2.12. The van der Waals surface area contributed by atoms with Crippen molar-refractivity contribution in [3.05, 3.63) is 35.3 Å². The first-order valence-electron chi connectivity index (χ1n) is 6.23. The van der Waals surface area contributed by atoms with Gasteiger partial charge in [-0.3, -0.25) is 0 Å². The first-order chi connectivity index (χ1) is 9.56. The van der Waals surface area contributed by atoms with E-state index >= 15 is 0 Å². The van der Waals surface area contributed by atoms with Crippen LogP contribution in [0.15, 0.2) is 24.0 Å². The molecule has 2 aromatic rings. The first kappa shape index (κ1) is 14.1. The van der Waals surface area contributed by atoms with Gasteiger partial charge in [0.25, 0.3) is 0 Å². The lowest BCUT2D eigenvalue weighted by atomic mass is 10.2. The number of nitrogens with zero attached hydrogens (tertiary/aromatic N) is 1. The smallest absolute Gasteiger partial charge is 0.345 e. The second-order valence-corrected chi connectivity index (χ2v) is 4.31. The number of esters is 1. The van der Waals surface area contributed by atoms with Crippen molar-refractivity contribution in [2.24, 2.45) is 0 Å². The molecule has 0 spiro atoms. The number of aliphatic hydroxyl groups excluding tert-OH is 2. The SMILES string of the molecule is CCOC(=O)/C(=C(\O)CO)c1nc2ccc(C)cc2[nH]1. The van der Waals surface area contributed by atoms with Crippen LogP contribution in [0.1, 0.15) is 18.3 Å². The van der Waals surface area contributed by atoms with Crippen molar-refractivity contribution in [1.82, 2.24) is 9.97 Å². The minimum atomic E-state index is -0.727. The van der Waals surface area contributed by atoms with Crippen LogP contribution in [0.3, 0.4) is 0 Å². The molecule has 0 bridgehead atoms. The number of hydrogen-bond acceptors (Lipinski definition) is 5. The largest absolute Gasteiger partial charge is 0.509 e. The van der Waals surface area contributed by atoms with Crippen LogP contribution in [0.5, 0.6) is 0 Å². The highest BCUT2D eigenvalue weighted by Crippen LogP contribution is 2.21. The van der Waals surface area contributed by atoms with E-state index < -0.39 is 18.3 Å². The van der Waals surface area contributed by atoms with Gasteiger partial charge in [0, 0.05) is 0 Å². The molecule has 6 nitrogen and oxygen atoms in total. The van der Waals surface area contributed by atoms with E-state index in [1.54, 1.807) is 6.92 Å². The van der Waals surface area contributed by atoms with Crippen LogP contribution in [0.25, 0.3) is 16.6 Å². The fraction of sp³-hybridized carbons (Fsp3) is 0.286. The van der Waals surface area contributed by atoms with Gasteiger partial charge >= 0.3 is 5.97 Å². The highest BCUT2D eigenvalue weighted by molar-refractivity contribution is 6.16. The average molecular weight is 276 g/mol. The van der Waals surface area contributed by atoms with Crippen LogP contribution < -0.4 is 0 Å². The molecule has 0 amide bonds. The van der Waals surface area contributed by atoms with Gasteiger partial charge in [-0.1, -0.05) is 6.07 Å². The lowest BCUT2D eigenvalue weighted by molar-refractivity contribution is -0.136. The van der Waals surface area contributed by atoms with Gasteiger partial charge in [-0.2, -0.15) is 0 Å². The zero-order valence-electron chi connectivity index (χ0n) is 11.3. The summed E-state index contributed by atoms with van der Waals surface area (Å²) in [4.78, 5) is 19.1. The molecule has 0 unspecified atom stereocenters. The van der Waals surface area contributed by atoms with Crippen LogP contribution in [-0.2, 0) is 9.53 Å². The Kier molecular flexibility index (Phi) is 4.05. The minimum absolute atomic E-state index is 0.150. The van der Waals surface area contributed by atoms with Crippen molar-refractivity contribution in [2.75, 3.05) is 13.2 Å². The maximum absolute atomic E-state index is 11.9. The molecule has 0 atom stereocenters. The van der Waals surface area contributed by atoms with Crippen LogP contribution >= 0.6 is 0 Å². The van der Waals surface area contributed by atoms with E-state index in [4.69, 9.17) is 9.84 Å². The van der Waals surface area contributed by atoms with Crippen LogP contribution in [0, 0.1) is 6.92 Å². The van der Waals surface area contributed by atoms with Crippen molar-refractivity contribution in [2.45, 2.75) is 13.8 Å². The summed E-state index contributed by atoms with van der Waals surface area (Å²) in [7, 11) is 0. The van der Waals surface area contributed by atoms with Gasteiger partial charge in [0.2, 0.25) is 0 Å². The van der Waals surface area contributed by atoms with E-state index in [0.717, 1.165) is 11.1 Å². The zero-order chi connectivity index (χ0) is 14.7. The Morgan fingerprint density at radius 3 is 2.85 bits per heavy atom. The standard InChI is InChI=1S/C14H16N2O4/c1-3-20-14(19)12(11(18)7-17)13-15-9-5-4-8(2)6-10(9)16-13/h4-6,17-18H,3,7H2,1-2H3,(H,15,16)/b12-11-. The van der Waals surface area contributed by atoms with Crippen molar-refractivity contribution in [1.29, 1.82) is 0 Å². The molecule has 20 heavy (non-hydrogen) atoms. The van der Waals surface area contributed by atoms with Gasteiger partial charge in [-0.25, -0.2) is 9.78 Å². The summed E-state index contributed by atoms with van der Waals surface area (Å²) in [6.45, 7) is 3.10. The molecule has 0 saturated heterocycles. The molecule has 1 aromatic heterocycles. The van der Waals surface area contributed by atoms with Gasteiger partial charge in [-0.05, 0) is 31.5 Å². The van der Waals surface area contributed by atoms with Crippen molar-refractivity contribution in [3.8, 4) is 0 Å². The maximum atomic E-state index is 11.9. The molecule has 3 N–H and O–H groups in total. The summed E-state index contributed by atoms with van der Waals surface area (Å²) in [6, 6.07) is 5.58. The summed E-state index contributed by atoms with van der Waals surface area (Å²) >= 11 is 0. The Morgan fingerprint density at radius 1 is 1.45 bits per heavy atom. The number of rotatable bonds is 4. The van der Waals surface area contributed by atoms with Gasteiger partial charge < -0.3 is 19.9 Å². The molecule has 0 saturated carbocycles. The third-order valence-corrected chi connectivity index (χ3v) is 2.79. The second kappa shape index (κ2) is 5.75. The van der Waals surface area contributed by atoms with Crippen molar-refractivity contribution < 1.29 is 19.7 Å². The summed E-state index contributed by atoms with van der Waals surface area (Å²) in [6.07, 6.45) is 0. The maximum Gasteiger partial charge on any atom is 0.345 e. The normalized spacial score (nSPS) is 12.3. The fourth-order valence-electron chi connectivity index (χ4n) is 1.88. The Labute approximate surface area is 115 Å². The van der Waals surface area contributed by atoms with E-state index in [1.807, 2.05) is 25.1 Å². The number of carbonyl (C=O) groups excluding carboxylic acids is 1. The number of carbonyl (C=O) groups is 1. The average Bonchev–Trinajstić information content (AvgIpc) is 2.81. The molecular weight excluding hydrogens is 260 g/mol. The molecule has 0 aliphatic rings. The van der Waals surface area contributed by atoms with Crippen LogP contribution in [0.4, 0.5) is 0 Å². The number of aromatic amines is 1. The molecular formula is C14H16N2O4. The number of benzene rings is 1. The predicted molar refractivity (Wildman–Crippen MR) is 74.1 cm³/mol. The summed E-state index contributed by atoms with van der Waals surface area (Å²) in [5.74, 6) is -1.02. The first-order valence-corrected chi connectivity index (χ1v) is 6.23. The summed E-state index contributed by atoms with van der Waals surface area (Å²) in [5.41, 5.74) is 2.30. The second-order valence-electron chi connectivity index (χ2n) is 4.31. The van der Waals surface area contributed by atoms with E-state index in [9.17, 15) is 9.90 Å². The number of aromatic nitrogens is 2. The van der Waals surface area contributed by atoms with Crippen LogP contribution in [0.2, 0.25) is 0 Å². The zero-order valence-corrected chi connectivity index (χ0v) is 11.3. The Morgan fingerprint density at radius 2 is 2.20 bits per heavy atom. The number of ether oxygens (including phenoxy) is 1. The van der Waals surface area contributed by atoms with E-state index in [1.165, 1.54) is 0 Å². The molecule has 0 aliphatic heterocycles. The number of nitrogens with one attached hydrogen (secondary N) is 1. The lowest BCUT2D eigenvalue weighted by Gasteiger charge is -2.06. The highest BCUT2D eigenvalue weighted by Gasteiger charge is 2.22. The molecule has 0 radical (unpaired) electrons. The van der Waals surface area contributed by atoms with Gasteiger partial charge in [0.1, 0.15) is 23.8 Å². The van der Waals surface area contributed by atoms with E-state index in [2.05, 4.69) is 9.97 Å². The predicted octanol–water partition coefficient (Wildman–Crippen LogP) is 1.70. The van der Waals surface area contributed by atoms with Crippen molar-refractivity contribution >= 4 is 22.6 Å². The van der Waals surface area contributed by atoms with E-state index in [-0.39, 0.29) is 18.0 Å². The number of fused-ring (bicyclic) bond motifs is 1. The van der Waals surface area contributed by atoms with Crippen molar-refractivity contribution in [3.63, 3.8) is 0 Å². The summed E-state index contributed by atoms with van der Waals surface area (Å²) < 4.78 is 4.87. The quantitative estimate of drug-likeness (QED) is 0.449. The van der Waals surface area contributed by atoms with Gasteiger partial charge in [0.15, 0.2) is 0 Å². The molecule has 6 heteroatoms.